The number of H-pyrrole nitrogens is 1. The molecule has 1 amide bonds. The van der Waals surface area contributed by atoms with Gasteiger partial charge in [-0.1, -0.05) is 6.92 Å². The SMILES string of the molecule is CCN1CCN(c2ccc(-c3cc(C(=O)NCc4c(C)cc(C)[nH]c4=O)c(C)c4c3OC(C)([C@H]3CC[C@H](N(C)C)CC3)O4)cn2)CC1. The highest BCUT2D eigenvalue weighted by molar-refractivity contribution is 5.99. The van der Waals surface area contributed by atoms with Crippen LogP contribution in [-0.4, -0.2) is 84.3 Å². The Bertz CT molecular complexity index is 1670. The van der Waals surface area contributed by atoms with Gasteiger partial charge in [0, 0.05) is 91.3 Å². The summed E-state index contributed by atoms with van der Waals surface area (Å²) in [5.74, 6) is 1.32. The van der Waals surface area contributed by atoms with Gasteiger partial charge in [-0.05, 0) is 96.9 Å². The van der Waals surface area contributed by atoms with E-state index >= 15 is 0 Å². The average Bonchev–Trinajstić information content (AvgIpc) is 3.43. The molecule has 1 aliphatic carbocycles. The Labute approximate surface area is 278 Å². The van der Waals surface area contributed by atoms with Crippen LogP contribution in [0.3, 0.4) is 0 Å². The van der Waals surface area contributed by atoms with E-state index < -0.39 is 5.79 Å². The van der Waals surface area contributed by atoms with Crippen LogP contribution in [0.2, 0.25) is 0 Å². The highest BCUT2D eigenvalue weighted by Crippen LogP contribution is 2.53. The number of ether oxygens (including phenoxy) is 2. The third-order valence-electron chi connectivity index (χ3n) is 10.6. The van der Waals surface area contributed by atoms with E-state index in [0.717, 1.165) is 92.2 Å². The van der Waals surface area contributed by atoms with Crippen molar-refractivity contribution < 1.29 is 14.3 Å². The Hall–Kier alpha value is -3.89. The number of hydrogen-bond donors (Lipinski definition) is 2. The lowest BCUT2D eigenvalue weighted by molar-refractivity contribution is -0.123. The zero-order valence-electron chi connectivity index (χ0n) is 29.0. The maximum absolute atomic E-state index is 13.8. The maximum atomic E-state index is 13.8. The fourth-order valence-electron chi connectivity index (χ4n) is 7.51. The minimum absolute atomic E-state index is 0.123. The molecule has 3 aromatic rings. The molecule has 10 heteroatoms. The van der Waals surface area contributed by atoms with E-state index in [0.29, 0.717) is 28.7 Å². The molecule has 2 aromatic heterocycles. The lowest BCUT2D eigenvalue weighted by Crippen LogP contribution is -2.46. The van der Waals surface area contributed by atoms with Gasteiger partial charge in [0.25, 0.3) is 17.3 Å². The van der Waals surface area contributed by atoms with E-state index in [9.17, 15) is 9.59 Å². The largest absolute Gasteiger partial charge is 0.448 e. The fraction of sp³-hybridized carbons (Fsp3) is 0.541. The van der Waals surface area contributed by atoms with Crippen LogP contribution in [0.5, 0.6) is 11.5 Å². The second-order valence-electron chi connectivity index (χ2n) is 13.9. The van der Waals surface area contributed by atoms with Crippen molar-refractivity contribution in [3.05, 3.63) is 68.8 Å². The van der Waals surface area contributed by atoms with Gasteiger partial charge in [0.15, 0.2) is 11.5 Å². The van der Waals surface area contributed by atoms with Crippen molar-refractivity contribution in [1.29, 1.82) is 0 Å². The normalized spacial score (nSPS) is 22.9. The predicted molar refractivity (Wildman–Crippen MR) is 186 cm³/mol. The Morgan fingerprint density at radius 3 is 2.36 bits per heavy atom. The summed E-state index contributed by atoms with van der Waals surface area (Å²) in [7, 11) is 4.29. The van der Waals surface area contributed by atoms with Gasteiger partial charge in [-0.15, -0.1) is 0 Å². The number of aryl methyl sites for hydroxylation is 2. The Kier molecular flexibility index (Phi) is 9.36. The first-order valence-corrected chi connectivity index (χ1v) is 17.1. The number of benzene rings is 1. The highest BCUT2D eigenvalue weighted by atomic mass is 16.7. The van der Waals surface area contributed by atoms with Crippen LogP contribution in [0.15, 0.2) is 35.3 Å². The Morgan fingerprint density at radius 2 is 1.74 bits per heavy atom. The summed E-state index contributed by atoms with van der Waals surface area (Å²) in [4.78, 5) is 41.3. The first-order chi connectivity index (χ1) is 22.5. The standard InChI is InChI=1S/C37H50N6O4/c1-8-42-15-17-43(18-16-42)32-14-9-26(21-38-32)30-20-29(35(44)39-22-31-23(2)19-24(3)40-36(31)45)25(4)33-34(30)47-37(5,46-33)27-10-12-28(13-11-27)41(6)7/h9,14,19-21,27-28H,8,10-13,15-18,22H2,1-7H3,(H,39,44)(H,40,45)/t27-,28-,37?. The number of amides is 1. The van der Waals surface area contributed by atoms with E-state index in [1.807, 2.05) is 46.0 Å². The second-order valence-corrected chi connectivity index (χ2v) is 13.9. The van der Waals surface area contributed by atoms with Crippen LogP contribution in [0.25, 0.3) is 11.1 Å². The first kappa shape index (κ1) is 33.0. The Balaban J connectivity index is 1.32. The number of nitrogens with one attached hydrogen (secondary N) is 2. The van der Waals surface area contributed by atoms with Crippen molar-refractivity contribution in [2.75, 3.05) is 51.7 Å². The fourth-order valence-corrected chi connectivity index (χ4v) is 7.51. The number of anilines is 1. The molecule has 47 heavy (non-hydrogen) atoms. The van der Waals surface area contributed by atoms with E-state index in [-0.39, 0.29) is 23.9 Å². The van der Waals surface area contributed by atoms with Gasteiger partial charge in [0.05, 0.1) is 0 Å². The minimum Gasteiger partial charge on any atom is -0.448 e. The number of rotatable bonds is 8. The molecule has 1 unspecified atom stereocenters. The molecular formula is C37H50N6O4. The molecule has 252 valence electrons. The second kappa shape index (κ2) is 13.3. The number of aromatic amines is 1. The third kappa shape index (κ3) is 6.63. The smallest absolute Gasteiger partial charge is 0.253 e. The first-order valence-electron chi connectivity index (χ1n) is 17.1. The van der Waals surface area contributed by atoms with Gasteiger partial charge in [-0.3, -0.25) is 9.59 Å². The lowest BCUT2D eigenvalue weighted by atomic mass is 9.81. The summed E-state index contributed by atoms with van der Waals surface area (Å²) >= 11 is 0. The molecule has 2 N–H and O–H groups in total. The van der Waals surface area contributed by atoms with Gasteiger partial charge in [0.1, 0.15) is 5.82 Å². The molecule has 1 saturated carbocycles. The molecule has 1 atom stereocenters. The molecule has 2 fully saturated rings. The summed E-state index contributed by atoms with van der Waals surface area (Å²) in [6.45, 7) is 15.0. The van der Waals surface area contributed by atoms with Crippen LogP contribution >= 0.6 is 0 Å². The monoisotopic (exact) mass is 642 g/mol. The van der Waals surface area contributed by atoms with Crippen molar-refractivity contribution in [2.24, 2.45) is 5.92 Å². The van der Waals surface area contributed by atoms with E-state index in [1.165, 1.54) is 0 Å². The van der Waals surface area contributed by atoms with Crippen molar-refractivity contribution in [3.63, 3.8) is 0 Å². The molecule has 10 nitrogen and oxygen atoms in total. The zero-order chi connectivity index (χ0) is 33.5. The number of carbonyl (C=O) groups is 1. The zero-order valence-corrected chi connectivity index (χ0v) is 29.0. The van der Waals surface area contributed by atoms with Crippen LogP contribution in [0.1, 0.15) is 72.3 Å². The summed E-state index contributed by atoms with van der Waals surface area (Å²) in [5.41, 5.74) is 4.85. The molecule has 2 aliphatic heterocycles. The van der Waals surface area contributed by atoms with Gasteiger partial charge in [-0.25, -0.2) is 4.98 Å². The molecule has 3 aliphatic rings. The number of nitrogens with zero attached hydrogens (tertiary/aromatic N) is 4. The van der Waals surface area contributed by atoms with E-state index in [2.05, 4.69) is 58.2 Å². The number of pyridine rings is 2. The molecular weight excluding hydrogens is 592 g/mol. The van der Waals surface area contributed by atoms with Crippen LogP contribution in [0.4, 0.5) is 5.82 Å². The number of hydrogen-bond acceptors (Lipinski definition) is 8. The quantitative estimate of drug-likeness (QED) is 0.353. The number of fused-ring (bicyclic) bond motifs is 1. The van der Waals surface area contributed by atoms with Crippen LogP contribution < -0.4 is 25.2 Å². The topological polar surface area (TPSA) is 103 Å². The van der Waals surface area contributed by atoms with Gasteiger partial charge >= 0.3 is 0 Å². The van der Waals surface area contributed by atoms with Crippen LogP contribution in [0, 0.1) is 26.7 Å². The number of aromatic nitrogens is 2. The van der Waals surface area contributed by atoms with Gasteiger partial charge < -0.3 is 34.5 Å². The molecule has 6 rings (SSSR count). The van der Waals surface area contributed by atoms with E-state index in [1.54, 1.807) is 0 Å². The number of carbonyl (C=O) groups excluding carboxylic acids is 1. The average molecular weight is 643 g/mol. The van der Waals surface area contributed by atoms with Crippen molar-refractivity contribution >= 4 is 11.7 Å². The van der Waals surface area contributed by atoms with Crippen molar-refractivity contribution in [3.8, 4) is 22.6 Å². The molecule has 0 spiro atoms. The van der Waals surface area contributed by atoms with Crippen molar-refractivity contribution in [1.82, 2.24) is 25.1 Å². The maximum Gasteiger partial charge on any atom is 0.253 e. The number of likely N-dealkylation sites (N-methyl/N-ethyl adjacent to an activating group) is 1. The van der Waals surface area contributed by atoms with Crippen LogP contribution in [-0.2, 0) is 6.54 Å². The van der Waals surface area contributed by atoms with Crippen molar-refractivity contribution in [2.45, 2.75) is 78.7 Å². The summed E-state index contributed by atoms with van der Waals surface area (Å²) in [6.07, 6.45) is 6.06. The molecule has 0 bridgehead atoms. The lowest BCUT2D eigenvalue weighted by Gasteiger charge is -2.39. The van der Waals surface area contributed by atoms with Gasteiger partial charge in [0.2, 0.25) is 0 Å². The highest BCUT2D eigenvalue weighted by Gasteiger charge is 2.47. The molecule has 1 saturated heterocycles. The summed E-state index contributed by atoms with van der Waals surface area (Å²) in [6, 6.07) is 8.50. The molecule has 0 radical (unpaired) electrons. The Morgan fingerprint density at radius 1 is 1.04 bits per heavy atom. The summed E-state index contributed by atoms with van der Waals surface area (Å²) in [5, 5.41) is 3.00. The summed E-state index contributed by atoms with van der Waals surface area (Å²) < 4.78 is 13.6. The predicted octanol–water partition coefficient (Wildman–Crippen LogP) is 5.04. The molecule has 4 heterocycles. The third-order valence-corrected chi connectivity index (χ3v) is 10.6. The minimum atomic E-state index is -0.840. The number of piperazine rings is 1. The van der Waals surface area contributed by atoms with Gasteiger partial charge in [-0.2, -0.15) is 0 Å². The molecule has 1 aromatic carbocycles. The van der Waals surface area contributed by atoms with E-state index in [4.69, 9.17) is 14.5 Å².